The van der Waals surface area contributed by atoms with Crippen molar-refractivity contribution >= 4 is 11.7 Å². The molecule has 3 aromatic rings. The molecule has 134 valence electrons. The van der Waals surface area contributed by atoms with Crippen molar-refractivity contribution in [1.82, 2.24) is 19.7 Å². The molecule has 0 aliphatic heterocycles. The normalized spacial score (nSPS) is 10.7. The molecular weight excluding hydrogens is 337 g/mol. The van der Waals surface area contributed by atoms with Gasteiger partial charge in [-0.25, -0.2) is 9.37 Å². The van der Waals surface area contributed by atoms with Gasteiger partial charge < -0.3 is 5.32 Å². The van der Waals surface area contributed by atoms with Crippen LogP contribution in [0.4, 0.5) is 10.2 Å². The minimum absolute atomic E-state index is 0.0868. The highest BCUT2D eigenvalue weighted by molar-refractivity contribution is 5.91. The van der Waals surface area contributed by atoms with Gasteiger partial charge in [-0.3, -0.25) is 14.6 Å². The summed E-state index contributed by atoms with van der Waals surface area (Å²) in [6.07, 6.45) is 0.687. The molecule has 0 spiro atoms. The van der Waals surface area contributed by atoms with Crippen LogP contribution in [0.2, 0.25) is 0 Å². The molecular formula is C18H18FN5O2. The Morgan fingerprint density at radius 3 is 2.69 bits per heavy atom. The molecule has 3 rings (SSSR count). The van der Waals surface area contributed by atoms with Gasteiger partial charge in [-0.05, 0) is 31.0 Å². The van der Waals surface area contributed by atoms with E-state index in [1.54, 1.807) is 25.1 Å². The number of aromatic nitrogens is 4. The average Bonchev–Trinajstić information content (AvgIpc) is 2.96. The Bertz CT molecular complexity index is 992. The maximum Gasteiger partial charge on any atom is 0.252 e. The molecule has 2 heterocycles. The number of H-pyrrole nitrogens is 1. The van der Waals surface area contributed by atoms with E-state index >= 15 is 0 Å². The van der Waals surface area contributed by atoms with Crippen molar-refractivity contribution in [2.75, 3.05) is 5.32 Å². The average molecular weight is 355 g/mol. The zero-order valence-electron chi connectivity index (χ0n) is 14.4. The Balaban J connectivity index is 1.85. The highest BCUT2D eigenvalue weighted by atomic mass is 19.1. The second kappa shape index (κ2) is 7.30. The summed E-state index contributed by atoms with van der Waals surface area (Å²) < 4.78 is 14.3. The van der Waals surface area contributed by atoms with Crippen LogP contribution in [0.1, 0.15) is 23.9 Å². The van der Waals surface area contributed by atoms with Gasteiger partial charge in [0.2, 0.25) is 11.9 Å². The van der Waals surface area contributed by atoms with E-state index in [2.05, 4.69) is 20.4 Å². The fourth-order valence-corrected chi connectivity index (χ4v) is 2.50. The van der Waals surface area contributed by atoms with Gasteiger partial charge in [0.1, 0.15) is 11.6 Å². The van der Waals surface area contributed by atoms with Gasteiger partial charge in [-0.2, -0.15) is 9.78 Å². The van der Waals surface area contributed by atoms with Crippen LogP contribution >= 0.6 is 0 Å². The quantitative estimate of drug-likeness (QED) is 0.733. The van der Waals surface area contributed by atoms with Crippen LogP contribution in [0, 0.1) is 12.7 Å². The van der Waals surface area contributed by atoms with Crippen LogP contribution in [-0.4, -0.2) is 25.7 Å². The molecule has 0 aliphatic rings. The molecule has 2 aromatic heterocycles. The largest absolute Gasteiger partial charge is 0.310 e. The maximum atomic E-state index is 13.0. The van der Waals surface area contributed by atoms with Crippen molar-refractivity contribution in [3.63, 3.8) is 0 Å². The summed E-state index contributed by atoms with van der Waals surface area (Å²) in [5, 5.41) is 7.04. The van der Waals surface area contributed by atoms with E-state index in [1.165, 1.54) is 22.9 Å². The number of aryl methyl sites for hydroxylation is 2. The topological polar surface area (TPSA) is 92.7 Å². The Morgan fingerprint density at radius 2 is 2.00 bits per heavy atom. The predicted octanol–water partition coefficient (Wildman–Crippen LogP) is 2.15. The number of halogens is 1. The van der Waals surface area contributed by atoms with Gasteiger partial charge in [0.25, 0.3) is 5.56 Å². The summed E-state index contributed by atoms with van der Waals surface area (Å²) in [5.41, 5.74) is 1.68. The standard InChI is InChI=1S/C18H18FN5O2/c1-3-14-10-17(26)22-18(20-14)24-15(8-11(2)23-24)21-16(25)9-12-4-6-13(19)7-5-12/h4-8,10H,3,9H2,1-2H3,(H,21,25)(H,20,22,26). The molecule has 0 bridgehead atoms. The number of benzene rings is 1. The molecule has 0 saturated heterocycles. The van der Waals surface area contributed by atoms with Crippen LogP contribution in [0.15, 0.2) is 41.2 Å². The number of hydrogen-bond donors (Lipinski definition) is 2. The Labute approximate surface area is 148 Å². The van der Waals surface area contributed by atoms with Crippen LogP contribution < -0.4 is 10.9 Å². The minimum Gasteiger partial charge on any atom is -0.310 e. The molecule has 1 amide bonds. The Hall–Kier alpha value is -3.29. The number of carbonyl (C=O) groups is 1. The first kappa shape index (κ1) is 17.5. The zero-order valence-corrected chi connectivity index (χ0v) is 14.4. The highest BCUT2D eigenvalue weighted by Gasteiger charge is 2.14. The Kier molecular flexibility index (Phi) is 4.92. The number of nitrogens with one attached hydrogen (secondary N) is 2. The number of nitrogens with zero attached hydrogens (tertiary/aromatic N) is 3. The van der Waals surface area contributed by atoms with Crippen LogP contribution in [0.25, 0.3) is 5.95 Å². The van der Waals surface area contributed by atoms with E-state index in [-0.39, 0.29) is 29.7 Å². The smallest absolute Gasteiger partial charge is 0.252 e. The molecule has 0 saturated carbocycles. The third kappa shape index (κ3) is 4.02. The lowest BCUT2D eigenvalue weighted by Crippen LogP contribution is -2.20. The molecule has 0 fully saturated rings. The summed E-state index contributed by atoms with van der Waals surface area (Å²) in [6, 6.07) is 8.83. The number of hydrogen-bond acceptors (Lipinski definition) is 4. The lowest BCUT2D eigenvalue weighted by Gasteiger charge is -2.09. The van der Waals surface area contributed by atoms with E-state index in [0.29, 0.717) is 29.2 Å². The lowest BCUT2D eigenvalue weighted by molar-refractivity contribution is -0.115. The lowest BCUT2D eigenvalue weighted by atomic mass is 10.1. The first-order valence-electron chi connectivity index (χ1n) is 8.16. The second-order valence-electron chi connectivity index (χ2n) is 5.85. The number of aromatic amines is 1. The van der Waals surface area contributed by atoms with Gasteiger partial charge in [0.05, 0.1) is 12.1 Å². The van der Waals surface area contributed by atoms with Crippen molar-refractivity contribution in [3.8, 4) is 5.95 Å². The molecule has 0 atom stereocenters. The van der Waals surface area contributed by atoms with Crippen molar-refractivity contribution in [2.45, 2.75) is 26.7 Å². The number of anilines is 1. The van der Waals surface area contributed by atoms with Gasteiger partial charge in [0.15, 0.2) is 0 Å². The summed E-state index contributed by atoms with van der Waals surface area (Å²) in [4.78, 5) is 31.1. The molecule has 0 radical (unpaired) electrons. The number of amides is 1. The molecule has 0 aliphatic carbocycles. The van der Waals surface area contributed by atoms with E-state index in [4.69, 9.17) is 0 Å². The summed E-state index contributed by atoms with van der Waals surface area (Å²) in [5.74, 6) is -0.00834. The SMILES string of the molecule is CCc1cc(=O)[nH]c(-n2nc(C)cc2NC(=O)Cc2ccc(F)cc2)n1. The monoisotopic (exact) mass is 355 g/mol. The molecule has 2 N–H and O–H groups in total. The van der Waals surface area contributed by atoms with E-state index < -0.39 is 0 Å². The summed E-state index contributed by atoms with van der Waals surface area (Å²) in [7, 11) is 0. The highest BCUT2D eigenvalue weighted by Crippen LogP contribution is 2.15. The number of rotatable bonds is 5. The van der Waals surface area contributed by atoms with Gasteiger partial charge in [-0.1, -0.05) is 19.1 Å². The van der Waals surface area contributed by atoms with Gasteiger partial charge in [-0.15, -0.1) is 0 Å². The van der Waals surface area contributed by atoms with Crippen LogP contribution in [-0.2, 0) is 17.6 Å². The zero-order chi connectivity index (χ0) is 18.7. The first-order valence-corrected chi connectivity index (χ1v) is 8.16. The Morgan fingerprint density at radius 1 is 1.27 bits per heavy atom. The van der Waals surface area contributed by atoms with Gasteiger partial charge in [0, 0.05) is 17.8 Å². The first-order chi connectivity index (χ1) is 12.4. The van der Waals surface area contributed by atoms with E-state index in [9.17, 15) is 14.0 Å². The third-order valence-corrected chi connectivity index (χ3v) is 3.72. The summed E-state index contributed by atoms with van der Waals surface area (Å²) >= 11 is 0. The predicted molar refractivity (Wildman–Crippen MR) is 94.8 cm³/mol. The second-order valence-corrected chi connectivity index (χ2v) is 5.85. The van der Waals surface area contributed by atoms with Crippen LogP contribution in [0.5, 0.6) is 0 Å². The third-order valence-electron chi connectivity index (χ3n) is 3.72. The molecule has 26 heavy (non-hydrogen) atoms. The van der Waals surface area contributed by atoms with Crippen LogP contribution in [0.3, 0.4) is 0 Å². The summed E-state index contributed by atoms with van der Waals surface area (Å²) in [6.45, 7) is 3.67. The van der Waals surface area contributed by atoms with Crippen molar-refractivity contribution in [2.24, 2.45) is 0 Å². The number of carbonyl (C=O) groups excluding carboxylic acids is 1. The maximum absolute atomic E-state index is 13.0. The fourth-order valence-electron chi connectivity index (χ4n) is 2.50. The van der Waals surface area contributed by atoms with Gasteiger partial charge >= 0.3 is 0 Å². The molecule has 1 aromatic carbocycles. The molecule has 8 heteroatoms. The minimum atomic E-state index is -0.353. The molecule has 0 unspecified atom stereocenters. The van der Waals surface area contributed by atoms with Crippen molar-refractivity contribution < 1.29 is 9.18 Å². The van der Waals surface area contributed by atoms with Crippen molar-refractivity contribution in [1.29, 1.82) is 0 Å². The molecule has 7 nitrogen and oxygen atoms in total. The fraction of sp³-hybridized carbons (Fsp3) is 0.222. The van der Waals surface area contributed by atoms with Crippen molar-refractivity contribution in [3.05, 3.63) is 69.5 Å². The van der Waals surface area contributed by atoms with E-state index in [1.807, 2.05) is 6.92 Å². The van der Waals surface area contributed by atoms with E-state index in [0.717, 1.165) is 0 Å².